The van der Waals surface area contributed by atoms with Gasteiger partial charge in [0.25, 0.3) is 0 Å². The third-order valence-corrected chi connectivity index (χ3v) is 2.85. The highest BCUT2D eigenvalue weighted by Crippen LogP contribution is 2.11. The van der Waals surface area contributed by atoms with E-state index in [1.54, 1.807) is 7.11 Å². The first-order valence-corrected chi connectivity index (χ1v) is 6.81. The predicted octanol–water partition coefficient (Wildman–Crippen LogP) is 1.39. The van der Waals surface area contributed by atoms with Crippen molar-refractivity contribution in [2.24, 2.45) is 0 Å². The smallest absolute Gasteiger partial charge is 0.305 e. The Kier molecular flexibility index (Phi) is 11.1. The molecule has 0 spiro atoms. The van der Waals surface area contributed by atoms with Crippen LogP contribution in [-0.2, 0) is 25.5 Å². The molecule has 22 heavy (non-hydrogen) atoms. The van der Waals surface area contributed by atoms with Crippen LogP contribution in [0.4, 0.5) is 5.69 Å². The summed E-state index contributed by atoms with van der Waals surface area (Å²) in [4.78, 5) is 22.7. The third kappa shape index (κ3) is 8.61. The van der Waals surface area contributed by atoms with Crippen LogP contribution in [0.1, 0.15) is 12.0 Å². The quantitative estimate of drug-likeness (QED) is 0.528. The Morgan fingerprint density at radius 3 is 2.41 bits per heavy atom. The number of anilines is 1. The molecule has 0 aliphatic heterocycles. The molecule has 0 saturated heterocycles. The molecule has 2 N–H and O–H groups in total. The number of rotatable bonds is 9. The number of benzene rings is 1. The van der Waals surface area contributed by atoms with Crippen LogP contribution in [0.5, 0.6) is 0 Å². The normalized spacial score (nSPS) is 9.73. The number of halogens is 1. The summed E-state index contributed by atoms with van der Waals surface area (Å²) >= 11 is 0. The van der Waals surface area contributed by atoms with Crippen molar-refractivity contribution in [1.29, 1.82) is 0 Å². The van der Waals surface area contributed by atoms with E-state index < -0.39 is 0 Å². The first-order chi connectivity index (χ1) is 10.2. The highest BCUT2D eigenvalue weighted by atomic mass is 35.5. The van der Waals surface area contributed by atoms with Gasteiger partial charge in [0.15, 0.2) is 0 Å². The van der Waals surface area contributed by atoms with Crippen LogP contribution in [0.3, 0.4) is 0 Å². The molecule has 1 aromatic rings. The van der Waals surface area contributed by atoms with Crippen LogP contribution in [0.15, 0.2) is 24.3 Å². The summed E-state index contributed by atoms with van der Waals surface area (Å²) in [7, 11) is 2.99. The predicted molar refractivity (Wildman–Crippen MR) is 87.4 cm³/mol. The highest BCUT2D eigenvalue weighted by molar-refractivity contribution is 5.92. The van der Waals surface area contributed by atoms with Crippen molar-refractivity contribution in [3.05, 3.63) is 29.8 Å². The molecule has 0 radical (unpaired) electrons. The zero-order valence-electron chi connectivity index (χ0n) is 12.9. The Morgan fingerprint density at radius 2 is 1.82 bits per heavy atom. The minimum absolute atomic E-state index is 0. The summed E-state index contributed by atoms with van der Waals surface area (Å²) in [6.45, 7) is 1.45. The number of nitrogens with one attached hydrogen (secondary N) is 2. The van der Waals surface area contributed by atoms with Gasteiger partial charge in [-0.15, -0.1) is 12.4 Å². The number of hydrogen-bond acceptors (Lipinski definition) is 5. The Bertz CT molecular complexity index is 451. The van der Waals surface area contributed by atoms with Gasteiger partial charge in [0.05, 0.1) is 20.3 Å². The van der Waals surface area contributed by atoms with Gasteiger partial charge in [0, 0.05) is 25.8 Å². The molecule has 7 heteroatoms. The van der Waals surface area contributed by atoms with E-state index in [4.69, 9.17) is 4.74 Å². The van der Waals surface area contributed by atoms with E-state index in [1.807, 2.05) is 24.3 Å². The van der Waals surface area contributed by atoms with Gasteiger partial charge < -0.3 is 20.1 Å². The van der Waals surface area contributed by atoms with Crippen LogP contribution in [0.2, 0.25) is 0 Å². The number of ether oxygens (including phenoxy) is 2. The Hall–Kier alpha value is -1.63. The monoisotopic (exact) mass is 330 g/mol. The molecule has 0 aromatic heterocycles. The Morgan fingerprint density at radius 1 is 1.14 bits per heavy atom. The summed E-state index contributed by atoms with van der Waals surface area (Å²) in [5, 5.41) is 5.76. The van der Waals surface area contributed by atoms with Gasteiger partial charge in [0.2, 0.25) is 5.91 Å². The van der Waals surface area contributed by atoms with Crippen molar-refractivity contribution >= 4 is 30.0 Å². The van der Waals surface area contributed by atoms with E-state index in [1.165, 1.54) is 7.11 Å². The van der Waals surface area contributed by atoms with Crippen molar-refractivity contribution in [2.45, 2.75) is 12.8 Å². The number of amides is 1. The average molecular weight is 331 g/mol. The molecule has 0 saturated carbocycles. The molecular formula is C15H23ClN2O4. The molecule has 0 bridgehead atoms. The maximum absolute atomic E-state index is 11.6. The van der Waals surface area contributed by atoms with Crippen LogP contribution >= 0.6 is 12.4 Å². The second-order valence-corrected chi connectivity index (χ2v) is 4.49. The van der Waals surface area contributed by atoms with Crippen molar-refractivity contribution in [3.8, 4) is 0 Å². The van der Waals surface area contributed by atoms with Gasteiger partial charge in [-0.2, -0.15) is 0 Å². The maximum atomic E-state index is 11.6. The Balaban J connectivity index is 0.00000441. The minimum atomic E-state index is -0.227. The molecular weight excluding hydrogens is 308 g/mol. The van der Waals surface area contributed by atoms with E-state index in [2.05, 4.69) is 15.4 Å². The molecule has 6 nitrogen and oxygen atoms in total. The topological polar surface area (TPSA) is 76.7 Å². The van der Waals surface area contributed by atoms with Crippen LogP contribution < -0.4 is 10.6 Å². The van der Waals surface area contributed by atoms with E-state index in [0.29, 0.717) is 26.0 Å². The fraction of sp³-hybridized carbons (Fsp3) is 0.467. The molecule has 1 amide bonds. The van der Waals surface area contributed by atoms with E-state index in [-0.39, 0.29) is 30.8 Å². The van der Waals surface area contributed by atoms with Crippen molar-refractivity contribution < 1.29 is 19.1 Å². The molecule has 0 atom stereocenters. The summed E-state index contributed by atoms with van der Waals surface area (Å²) in [5.74, 6) is -0.331. The highest BCUT2D eigenvalue weighted by Gasteiger charge is 2.03. The number of carbonyl (C=O) groups is 2. The second kappa shape index (κ2) is 12.0. The van der Waals surface area contributed by atoms with Gasteiger partial charge in [-0.3, -0.25) is 9.59 Å². The summed E-state index contributed by atoms with van der Waals surface area (Å²) in [6, 6.07) is 7.41. The van der Waals surface area contributed by atoms with E-state index >= 15 is 0 Å². The summed E-state index contributed by atoms with van der Waals surface area (Å²) in [5.41, 5.74) is 1.76. The number of methoxy groups -OCH3 is 2. The van der Waals surface area contributed by atoms with Crippen LogP contribution in [-0.4, -0.2) is 45.8 Å². The zero-order valence-corrected chi connectivity index (χ0v) is 13.7. The maximum Gasteiger partial charge on any atom is 0.305 e. The SMILES string of the molecule is COCCNCC(=O)Nc1ccc(CCC(=O)OC)cc1.Cl. The molecule has 1 aromatic carbocycles. The molecule has 0 aliphatic rings. The Labute approximate surface area is 137 Å². The largest absolute Gasteiger partial charge is 0.469 e. The lowest BCUT2D eigenvalue weighted by Crippen LogP contribution is -2.30. The first kappa shape index (κ1) is 20.4. The lowest BCUT2D eigenvalue weighted by molar-refractivity contribution is -0.140. The van der Waals surface area contributed by atoms with Gasteiger partial charge in [-0.25, -0.2) is 0 Å². The first-order valence-electron chi connectivity index (χ1n) is 6.81. The van der Waals surface area contributed by atoms with Crippen molar-refractivity contribution in [2.75, 3.05) is 39.2 Å². The van der Waals surface area contributed by atoms with E-state index in [9.17, 15) is 9.59 Å². The second-order valence-electron chi connectivity index (χ2n) is 4.49. The average Bonchev–Trinajstić information content (AvgIpc) is 2.50. The molecule has 1 rings (SSSR count). The zero-order chi connectivity index (χ0) is 15.5. The van der Waals surface area contributed by atoms with Gasteiger partial charge in [0.1, 0.15) is 0 Å². The summed E-state index contributed by atoms with van der Waals surface area (Å²) in [6.07, 6.45) is 0.977. The molecule has 0 heterocycles. The van der Waals surface area contributed by atoms with Crippen molar-refractivity contribution in [1.82, 2.24) is 5.32 Å². The van der Waals surface area contributed by atoms with Gasteiger partial charge in [-0.05, 0) is 24.1 Å². The van der Waals surface area contributed by atoms with Crippen molar-refractivity contribution in [3.63, 3.8) is 0 Å². The lowest BCUT2D eigenvalue weighted by Gasteiger charge is -2.07. The fourth-order valence-corrected chi connectivity index (χ4v) is 1.68. The van der Waals surface area contributed by atoms with E-state index in [0.717, 1.165) is 11.3 Å². The van der Waals surface area contributed by atoms with Crippen LogP contribution in [0.25, 0.3) is 0 Å². The standard InChI is InChI=1S/C15H22N2O4.ClH/c1-20-10-9-16-11-14(18)17-13-6-3-12(4-7-13)5-8-15(19)21-2;/h3-4,6-7,16H,5,8-11H2,1-2H3,(H,17,18);1H. The molecule has 0 unspecified atom stereocenters. The van der Waals surface area contributed by atoms with Gasteiger partial charge in [-0.1, -0.05) is 12.1 Å². The third-order valence-electron chi connectivity index (χ3n) is 2.85. The number of carbonyl (C=O) groups excluding carboxylic acids is 2. The fourth-order valence-electron chi connectivity index (χ4n) is 1.68. The molecule has 0 aliphatic carbocycles. The lowest BCUT2D eigenvalue weighted by atomic mass is 10.1. The molecule has 124 valence electrons. The summed E-state index contributed by atoms with van der Waals surface area (Å²) < 4.78 is 9.47. The number of aryl methyl sites for hydroxylation is 1. The van der Waals surface area contributed by atoms with Crippen LogP contribution in [0, 0.1) is 0 Å². The minimum Gasteiger partial charge on any atom is -0.469 e. The van der Waals surface area contributed by atoms with Gasteiger partial charge >= 0.3 is 5.97 Å². The number of hydrogen-bond donors (Lipinski definition) is 2. The number of esters is 1. The molecule has 0 fully saturated rings.